The lowest BCUT2D eigenvalue weighted by molar-refractivity contribution is -0.146. The highest BCUT2D eigenvalue weighted by molar-refractivity contribution is 5.83. The number of fused-ring (bicyclic) bond motifs is 1. The molecule has 2 aliphatic rings. The Morgan fingerprint density at radius 1 is 1.19 bits per heavy atom. The lowest BCUT2D eigenvalue weighted by Crippen LogP contribution is -2.44. The van der Waals surface area contributed by atoms with Gasteiger partial charge in [-0.1, -0.05) is 0 Å². The van der Waals surface area contributed by atoms with Crippen LogP contribution in [0.5, 0.6) is 5.75 Å². The summed E-state index contributed by atoms with van der Waals surface area (Å²) in [6.07, 6.45) is 3.50. The van der Waals surface area contributed by atoms with Gasteiger partial charge in [0.15, 0.2) is 0 Å². The number of piperidine rings is 1. The molecule has 1 aromatic heterocycles. The summed E-state index contributed by atoms with van der Waals surface area (Å²) in [5.41, 5.74) is 1.95. The molecule has 0 bridgehead atoms. The molecule has 2 heterocycles. The molecular weight excluding hydrogens is 478 g/mol. The van der Waals surface area contributed by atoms with Gasteiger partial charge in [0.05, 0.1) is 24.6 Å². The number of aliphatic hydroxyl groups is 1. The second-order valence-corrected chi connectivity index (χ2v) is 10.4. The third-order valence-electron chi connectivity index (χ3n) is 8.08. The smallest absolute Gasteiger partial charge is 0.308 e. The van der Waals surface area contributed by atoms with Crippen molar-refractivity contribution in [3.8, 4) is 5.75 Å². The molecule has 2 N–H and O–H groups in total. The third-order valence-corrected chi connectivity index (χ3v) is 8.08. The normalized spacial score (nSPS) is 24.6. The first-order chi connectivity index (χ1) is 17.8. The number of carboxylic acid groups (broad SMARTS) is 1. The van der Waals surface area contributed by atoms with Gasteiger partial charge in [0.25, 0.3) is 0 Å². The number of aliphatic carboxylic acids is 1. The van der Waals surface area contributed by atoms with Crippen LogP contribution in [0.4, 0.5) is 8.78 Å². The summed E-state index contributed by atoms with van der Waals surface area (Å²) in [5, 5.41) is 21.8. The number of likely N-dealkylation sites (tertiary alicyclic amines) is 1. The number of methoxy groups -OCH3 is 1. The van der Waals surface area contributed by atoms with Gasteiger partial charge in [0, 0.05) is 24.7 Å². The maximum Gasteiger partial charge on any atom is 0.308 e. The van der Waals surface area contributed by atoms with Gasteiger partial charge >= 0.3 is 5.97 Å². The van der Waals surface area contributed by atoms with Gasteiger partial charge < -0.3 is 19.8 Å². The molecule has 1 aliphatic heterocycles. The number of nitrogens with zero attached hydrogens (tertiary/aromatic N) is 2. The van der Waals surface area contributed by atoms with Crippen LogP contribution >= 0.6 is 0 Å². The quantitative estimate of drug-likeness (QED) is 0.414. The van der Waals surface area contributed by atoms with Crippen LogP contribution in [0.15, 0.2) is 48.7 Å². The number of hydrogen-bond donors (Lipinski definition) is 2. The zero-order chi connectivity index (χ0) is 26.1. The number of benzene rings is 2. The number of aliphatic hydroxyl groups excluding tert-OH is 1. The van der Waals surface area contributed by atoms with Crippen LogP contribution in [0.25, 0.3) is 10.9 Å². The average Bonchev–Trinajstić information content (AvgIpc) is 3.66. The first-order valence-corrected chi connectivity index (χ1v) is 12.8. The van der Waals surface area contributed by atoms with Gasteiger partial charge in [-0.3, -0.25) is 9.78 Å². The van der Waals surface area contributed by atoms with E-state index in [0.29, 0.717) is 37.2 Å². The van der Waals surface area contributed by atoms with Crippen molar-refractivity contribution >= 4 is 16.9 Å². The Morgan fingerprint density at radius 2 is 2.03 bits per heavy atom. The van der Waals surface area contributed by atoms with E-state index in [1.165, 1.54) is 12.1 Å². The second kappa shape index (κ2) is 10.7. The van der Waals surface area contributed by atoms with E-state index in [-0.39, 0.29) is 23.6 Å². The number of pyridine rings is 1. The standard InChI is InChI=1S/C29H32F2N2O4/c1-37-20-4-6-27-24(14-20)21(8-10-32-27)28(34)7-2-17-9-11-33(16-25(17)29(35)36)15-18-12-22(18)23-13-19(30)3-5-26(23)31/h3-6,8,10,13-14,17-18,22,25,28,34H,2,7,9,11-12,15-16H2,1H3,(H,35,36)/t17?,18-,22+,25?,28?/m0/s1. The SMILES string of the molecule is COc1ccc2nccc(C(O)CCC3CCN(C[C@@H]4C[C@H]4c4cc(F)ccc4F)CC3C(=O)O)c2c1. The summed E-state index contributed by atoms with van der Waals surface area (Å²) in [6, 6.07) is 10.9. The molecular formula is C29H32F2N2O4. The van der Waals surface area contributed by atoms with Crippen molar-refractivity contribution in [2.45, 2.75) is 37.7 Å². The maximum atomic E-state index is 14.1. The average molecular weight is 511 g/mol. The molecule has 3 aromatic rings. The molecule has 5 atom stereocenters. The molecule has 0 spiro atoms. The molecule has 6 nitrogen and oxygen atoms in total. The summed E-state index contributed by atoms with van der Waals surface area (Å²) in [6.45, 7) is 1.87. The van der Waals surface area contributed by atoms with Crippen molar-refractivity contribution in [3.63, 3.8) is 0 Å². The molecule has 5 rings (SSSR count). The fourth-order valence-electron chi connectivity index (χ4n) is 5.91. The van der Waals surface area contributed by atoms with Crippen LogP contribution in [0.2, 0.25) is 0 Å². The highest BCUT2D eigenvalue weighted by Gasteiger charge is 2.43. The number of hydrogen-bond acceptors (Lipinski definition) is 5. The zero-order valence-electron chi connectivity index (χ0n) is 20.8. The second-order valence-electron chi connectivity index (χ2n) is 10.4. The summed E-state index contributed by atoms with van der Waals surface area (Å²) in [7, 11) is 1.59. The van der Waals surface area contributed by atoms with E-state index in [1.807, 2.05) is 18.2 Å². The van der Waals surface area contributed by atoms with Gasteiger partial charge in [-0.2, -0.15) is 0 Å². The van der Waals surface area contributed by atoms with E-state index in [4.69, 9.17) is 4.74 Å². The Balaban J connectivity index is 1.19. The van der Waals surface area contributed by atoms with Crippen LogP contribution in [0.1, 0.15) is 48.8 Å². The summed E-state index contributed by atoms with van der Waals surface area (Å²) in [4.78, 5) is 18.7. The number of halogens is 2. The largest absolute Gasteiger partial charge is 0.497 e. The van der Waals surface area contributed by atoms with E-state index in [0.717, 1.165) is 41.9 Å². The lowest BCUT2D eigenvalue weighted by Gasteiger charge is -2.37. The fourth-order valence-corrected chi connectivity index (χ4v) is 5.91. The first-order valence-electron chi connectivity index (χ1n) is 12.8. The summed E-state index contributed by atoms with van der Waals surface area (Å²) < 4.78 is 33.0. The fraction of sp³-hybridized carbons (Fsp3) is 0.448. The van der Waals surface area contributed by atoms with E-state index in [2.05, 4.69) is 9.88 Å². The van der Waals surface area contributed by atoms with Crippen LogP contribution in [-0.2, 0) is 4.79 Å². The van der Waals surface area contributed by atoms with Crippen molar-refractivity contribution in [1.82, 2.24) is 9.88 Å². The van der Waals surface area contributed by atoms with Gasteiger partial charge in [0.1, 0.15) is 17.4 Å². The van der Waals surface area contributed by atoms with Gasteiger partial charge in [-0.15, -0.1) is 0 Å². The Kier molecular flexibility index (Phi) is 7.40. The van der Waals surface area contributed by atoms with Gasteiger partial charge in [-0.25, -0.2) is 8.78 Å². The summed E-state index contributed by atoms with van der Waals surface area (Å²) in [5.74, 6) is -1.33. The van der Waals surface area contributed by atoms with Gasteiger partial charge in [0.2, 0.25) is 0 Å². The predicted octanol–water partition coefficient (Wildman–Crippen LogP) is 5.16. The molecule has 1 aliphatic carbocycles. The number of rotatable bonds is 9. The van der Waals surface area contributed by atoms with Crippen molar-refractivity contribution in [2.24, 2.45) is 17.8 Å². The van der Waals surface area contributed by atoms with Gasteiger partial charge in [-0.05, 0) is 104 Å². The molecule has 3 unspecified atom stereocenters. The van der Waals surface area contributed by atoms with E-state index in [1.54, 1.807) is 19.4 Å². The Labute approximate surface area is 214 Å². The van der Waals surface area contributed by atoms with Crippen molar-refractivity contribution in [2.75, 3.05) is 26.7 Å². The minimum atomic E-state index is -0.827. The minimum absolute atomic E-state index is 0.0133. The molecule has 0 radical (unpaired) electrons. The molecule has 2 aromatic carbocycles. The minimum Gasteiger partial charge on any atom is -0.497 e. The molecule has 2 fully saturated rings. The van der Waals surface area contributed by atoms with Crippen LogP contribution < -0.4 is 4.74 Å². The number of ether oxygens (including phenoxy) is 1. The first kappa shape index (κ1) is 25.5. The monoisotopic (exact) mass is 510 g/mol. The van der Waals surface area contributed by atoms with Crippen molar-refractivity contribution in [3.05, 3.63) is 71.4 Å². The topological polar surface area (TPSA) is 82.9 Å². The predicted molar refractivity (Wildman–Crippen MR) is 135 cm³/mol. The van der Waals surface area contributed by atoms with E-state index in [9.17, 15) is 23.8 Å². The van der Waals surface area contributed by atoms with Crippen molar-refractivity contribution in [1.29, 1.82) is 0 Å². The zero-order valence-corrected chi connectivity index (χ0v) is 20.8. The van der Waals surface area contributed by atoms with Crippen LogP contribution in [0.3, 0.4) is 0 Å². The highest BCUT2D eigenvalue weighted by atomic mass is 19.1. The maximum absolute atomic E-state index is 14.1. The van der Waals surface area contributed by atoms with Crippen LogP contribution in [-0.4, -0.2) is 52.8 Å². The molecule has 8 heteroatoms. The van der Waals surface area contributed by atoms with Crippen molar-refractivity contribution < 1.29 is 28.5 Å². The van der Waals surface area contributed by atoms with E-state index < -0.39 is 23.8 Å². The molecule has 0 amide bonds. The lowest BCUT2D eigenvalue weighted by atomic mass is 9.81. The number of carbonyl (C=O) groups is 1. The molecule has 37 heavy (non-hydrogen) atoms. The van der Waals surface area contributed by atoms with Crippen LogP contribution in [0, 0.1) is 29.4 Å². The molecule has 1 saturated carbocycles. The molecule has 196 valence electrons. The Bertz CT molecular complexity index is 1290. The Hall–Kier alpha value is -3.10. The molecule has 1 saturated heterocycles. The third kappa shape index (κ3) is 5.60. The number of aromatic nitrogens is 1. The summed E-state index contributed by atoms with van der Waals surface area (Å²) >= 11 is 0. The number of carboxylic acids is 1. The Morgan fingerprint density at radius 3 is 2.81 bits per heavy atom. The highest BCUT2D eigenvalue weighted by Crippen LogP contribution is 2.49. The van der Waals surface area contributed by atoms with E-state index >= 15 is 0 Å².